The Kier molecular flexibility index (Phi) is 7.57. The van der Waals surface area contributed by atoms with Crippen molar-refractivity contribution in [2.45, 2.75) is 25.9 Å². The van der Waals surface area contributed by atoms with Gasteiger partial charge in [-0.2, -0.15) is 0 Å². The van der Waals surface area contributed by atoms with Gasteiger partial charge in [0.05, 0.1) is 6.10 Å². The Morgan fingerprint density at radius 2 is 2.22 bits per heavy atom. The first-order valence-corrected chi connectivity index (χ1v) is 6.46. The van der Waals surface area contributed by atoms with Gasteiger partial charge in [-0.05, 0) is 37.1 Å². The highest BCUT2D eigenvalue weighted by molar-refractivity contribution is 5.18. The maximum Gasteiger partial charge on any atom is 0.123 e. The fraction of sp³-hybridized carbons (Fsp3) is 0.571. The van der Waals surface area contributed by atoms with E-state index in [1.165, 1.54) is 12.1 Å². The summed E-state index contributed by atoms with van der Waals surface area (Å²) < 4.78 is 18.3. The van der Waals surface area contributed by atoms with Crippen molar-refractivity contribution in [3.63, 3.8) is 0 Å². The highest BCUT2D eigenvalue weighted by atomic mass is 19.1. The SMILES string of the molecule is CCCOCCCNCC(O)c1cccc(F)c1. The normalized spacial score (nSPS) is 12.6. The minimum atomic E-state index is -0.669. The molecule has 0 heterocycles. The van der Waals surface area contributed by atoms with Gasteiger partial charge in [0.25, 0.3) is 0 Å². The Morgan fingerprint density at radius 3 is 2.94 bits per heavy atom. The lowest BCUT2D eigenvalue weighted by molar-refractivity contribution is 0.129. The van der Waals surface area contributed by atoms with E-state index in [1.54, 1.807) is 12.1 Å². The van der Waals surface area contributed by atoms with Crippen molar-refractivity contribution in [3.8, 4) is 0 Å². The summed E-state index contributed by atoms with van der Waals surface area (Å²) in [6.45, 7) is 4.82. The Balaban J connectivity index is 2.12. The smallest absolute Gasteiger partial charge is 0.123 e. The highest BCUT2D eigenvalue weighted by Crippen LogP contribution is 2.12. The van der Waals surface area contributed by atoms with Crippen LogP contribution in [-0.2, 0) is 4.74 Å². The van der Waals surface area contributed by atoms with Crippen LogP contribution in [0.15, 0.2) is 24.3 Å². The molecule has 0 aliphatic carbocycles. The van der Waals surface area contributed by atoms with Crippen molar-refractivity contribution in [1.29, 1.82) is 0 Å². The molecule has 0 saturated heterocycles. The molecule has 1 aromatic carbocycles. The Labute approximate surface area is 108 Å². The molecule has 0 saturated carbocycles. The summed E-state index contributed by atoms with van der Waals surface area (Å²) in [7, 11) is 0. The maximum absolute atomic E-state index is 12.9. The van der Waals surface area contributed by atoms with Crippen molar-refractivity contribution in [3.05, 3.63) is 35.6 Å². The van der Waals surface area contributed by atoms with Crippen LogP contribution >= 0.6 is 0 Å². The van der Waals surface area contributed by atoms with E-state index < -0.39 is 6.10 Å². The van der Waals surface area contributed by atoms with Gasteiger partial charge < -0.3 is 15.2 Å². The molecule has 0 amide bonds. The van der Waals surface area contributed by atoms with E-state index in [0.717, 1.165) is 32.6 Å². The molecule has 1 aromatic rings. The molecule has 3 nitrogen and oxygen atoms in total. The Bertz CT molecular complexity index is 333. The molecular formula is C14H22FNO2. The second kappa shape index (κ2) is 9.03. The van der Waals surface area contributed by atoms with Crippen LogP contribution in [0.2, 0.25) is 0 Å². The zero-order chi connectivity index (χ0) is 13.2. The van der Waals surface area contributed by atoms with Gasteiger partial charge in [-0.3, -0.25) is 0 Å². The van der Waals surface area contributed by atoms with Gasteiger partial charge in [0.1, 0.15) is 5.82 Å². The summed E-state index contributed by atoms with van der Waals surface area (Å²) in [6.07, 6.45) is 1.28. The molecule has 18 heavy (non-hydrogen) atoms. The number of aliphatic hydroxyl groups excluding tert-OH is 1. The third kappa shape index (κ3) is 6.10. The minimum absolute atomic E-state index is 0.320. The van der Waals surface area contributed by atoms with E-state index in [1.807, 2.05) is 0 Å². The van der Waals surface area contributed by atoms with E-state index in [-0.39, 0.29) is 5.82 Å². The lowest BCUT2D eigenvalue weighted by atomic mass is 10.1. The first-order chi connectivity index (χ1) is 8.74. The van der Waals surface area contributed by atoms with Gasteiger partial charge >= 0.3 is 0 Å². The number of aliphatic hydroxyl groups is 1. The van der Waals surface area contributed by atoms with Gasteiger partial charge in [-0.25, -0.2) is 4.39 Å². The van der Waals surface area contributed by atoms with Crippen LogP contribution in [0.1, 0.15) is 31.4 Å². The molecule has 4 heteroatoms. The van der Waals surface area contributed by atoms with Crippen molar-refractivity contribution in [1.82, 2.24) is 5.32 Å². The summed E-state index contributed by atoms with van der Waals surface area (Å²) in [4.78, 5) is 0. The van der Waals surface area contributed by atoms with Crippen LogP contribution in [0.25, 0.3) is 0 Å². The van der Waals surface area contributed by atoms with Crippen LogP contribution in [0.5, 0.6) is 0 Å². The molecule has 0 spiro atoms. The lowest BCUT2D eigenvalue weighted by Crippen LogP contribution is -2.23. The zero-order valence-corrected chi connectivity index (χ0v) is 10.9. The standard InChI is InChI=1S/C14H22FNO2/c1-2-8-18-9-4-7-16-11-14(17)12-5-3-6-13(15)10-12/h3,5-6,10,14,16-17H,2,4,7-9,11H2,1H3. The summed E-state index contributed by atoms with van der Waals surface area (Å²) in [5, 5.41) is 13.0. The van der Waals surface area contributed by atoms with E-state index in [4.69, 9.17) is 4.74 Å². The predicted molar refractivity (Wildman–Crippen MR) is 70.0 cm³/mol. The average molecular weight is 255 g/mol. The Morgan fingerprint density at radius 1 is 1.39 bits per heavy atom. The number of nitrogens with one attached hydrogen (secondary N) is 1. The summed E-state index contributed by atoms with van der Waals surface area (Å²) in [5.41, 5.74) is 0.602. The highest BCUT2D eigenvalue weighted by Gasteiger charge is 2.07. The molecular weight excluding hydrogens is 233 g/mol. The molecule has 0 aliphatic heterocycles. The molecule has 1 rings (SSSR count). The van der Waals surface area contributed by atoms with Crippen molar-refractivity contribution in [2.24, 2.45) is 0 Å². The van der Waals surface area contributed by atoms with Crippen LogP contribution < -0.4 is 5.32 Å². The van der Waals surface area contributed by atoms with E-state index >= 15 is 0 Å². The summed E-state index contributed by atoms with van der Waals surface area (Å²) >= 11 is 0. The van der Waals surface area contributed by atoms with Gasteiger partial charge in [0.15, 0.2) is 0 Å². The molecule has 2 N–H and O–H groups in total. The second-order valence-electron chi connectivity index (χ2n) is 4.24. The van der Waals surface area contributed by atoms with Crippen LogP contribution in [0.4, 0.5) is 4.39 Å². The zero-order valence-electron chi connectivity index (χ0n) is 10.9. The van der Waals surface area contributed by atoms with Crippen molar-refractivity contribution >= 4 is 0 Å². The first-order valence-electron chi connectivity index (χ1n) is 6.46. The summed E-state index contributed by atoms with van der Waals surface area (Å²) in [5.74, 6) is -0.320. The number of halogens is 1. The van der Waals surface area contributed by atoms with Crippen molar-refractivity contribution in [2.75, 3.05) is 26.3 Å². The minimum Gasteiger partial charge on any atom is -0.387 e. The molecule has 0 aromatic heterocycles. The topological polar surface area (TPSA) is 41.5 Å². The molecule has 1 atom stereocenters. The predicted octanol–water partition coefficient (Wildman–Crippen LogP) is 2.27. The average Bonchev–Trinajstić information content (AvgIpc) is 2.37. The van der Waals surface area contributed by atoms with Crippen LogP contribution in [0.3, 0.4) is 0 Å². The number of rotatable bonds is 9. The molecule has 0 bridgehead atoms. The van der Waals surface area contributed by atoms with E-state index in [0.29, 0.717) is 12.1 Å². The molecule has 0 aliphatic rings. The largest absolute Gasteiger partial charge is 0.387 e. The van der Waals surface area contributed by atoms with Crippen LogP contribution in [-0.4, -0.2) is 31.4 Å². The Hall–Kier alpha value is -0.970. The third-order valence-corrected chi connectivity index (χ3v) is 2.56. The van der Waals surface area contributed by atoms with Gasteiger partial charge in [0, 0.05) is 19.8 Å². The van der Waals surface area contributed by atoms with Crippen molar-refractivity contribution < 1.29 is 14.2 Å². The van der Waals surface area contributed by atoms with E-state index in [2.05, 4.69) is 12.2 Å². The molecule has 0 fully saturated rings. The fourth-order valence-corrected chi connectivity index (χ4v) is 1.62. The maximum atomic E-state index is 12.9. The number of ether oxygens (including phenoxy) is 1. The fourth-order valence-electron chi connectivity index (χ4n) is 1.62. The molecule has 0 radical (unpaired) electrons. The molecule has 102 valence electrons. The van der Waals surface area contributed by atoms with Crippen LogP contribution in [0, 0.1) is 5.82 Å². The first kappa shape index (κ1) is 15.1. The second-order valence-corrected chi connectivity index (χ2v) is 4.24. The van der Waals surface area contributed by atoms with E-state index in [9.17, 15) is 9.50 Å². The third-order valence-electron chi connectivity index (χ3n) is 2.56. The van der Waals surface area contributed by atoms with Gasteiger partial charge in [0.2, 0.25) is 0 Å². The number of benzene rings is 1. The monoisotopic (exact) mass is 255 g/mol. The summed E-state index contributed by atoms with van der Waals surface area (Å²) in [6, 6.07) is 6.05. The van der Waals surface area contributed by atoms with Gasteiger partial charge in [-0.15, -0.1) is 0 Å². The lowest BCUT2D eigenvalue weighted by Gasteiger charge is -2.12. The number of hydrogen-bond acceptors (Lipinski definition) is 3. The molecule has 1 unspecified atom stereocenters. The van der Waals surface area contributed by atoms with Gasteiger partial charge in [-0.1, -0.05) is 19.1 Å². The quantitative estimate of drug-likeness (QED) is 0.665. The number of hydrogen-bond donors (Lipinski definition) is 2.